The number of benzene rings is 1. The second-order valence-corrected chi connectivity index (χ2v) is 6.27. The number of nitrogens with zero attached hydrogens (tertiary/aromatic N) is 1. The number of carbonyl (C=O) groups is 1. The number of fused-ring (bicyclic) bond motifs is 1. The van der Waals surface area contributed by atoms with Gasteiger partial charge in [-0.2, -0.15) is 13.2 Å². The molecule has 1 aliphatic rings. The molecule has 1 aromatic heterocycles. The third-order valence-corrected chi connectivity index (χ3v) is 4.62. The largest absolute Gasteiger partial charge is 0.417 e. The zero-order valence-corrected chi connectivity index (χ0v) is 13.3. The van der Waals surface area contributed by atoms with Crippen molar-refractivity contribution >= 4 is 16.8 Å². The van der Waals surface area contributed by atoms with Gasteiger partial charge in [0.15, 0.2) is 5.60 Å². The molecule has 0 bridgehead atoms. The second kappa shape index (κ2) is 6.18. The van der Waals surface area contributed by atoms with Crippen LogP contribution in [0.15, 0.2) is 35.1 Å². The topological polar surface area (TPSA) is 73.4 Å². The van der Waals surface area contributed by atoms with E-state index in [1.54, 1.807) is 18.2 Å². The normalized spacial score (nSPS) is 22.0. The van der Waals surface area contributed by atoms with Gasteiger partial charge in [-0.15, -0.1) is 0 Å². The van der Waals surface area contributed by atoms with E-state index >= 15 is 0 Å². The SMILES string of the molecule is O=C(c1cccc2ccc(=O)[nH]c12)N1CCCC(O)(C(F)(F)F)CC1. The molecule has 8 heteroatoms. The molecule has 1 saturated heterocycles. The predicted molar refractivity (Wildman–Crippen MR) is 85.3 cm³/mol. The number of nitrogens with one attached hydrogen (secondary N) is 1. The summed E-state index contributed by atoms with van der Waals surface area (Å²) >= 11 is 0. The molecule has 2 aromatic rings. The molecule has 5 nitrogen and oxygen atoms in total. The number of hydrogen-bond acceptors (Lipinski definition) is 3. The van der Waals surface area contributed by atoms with Crippen molar-refractivity contribution in [3.63, 3.8) is 0 Å². The Balaban J connectivity index is 1.90. The highest BCUT2D eigenvalue weighted by molar-refractivity contribution is 6.05. The van der Waals surface area contributed by atoms with Crippen LogP contribution in [0.25, 0.3) is 10.9 Å². The van der Waals surface area contributed by atoms with Gasteiger partial charge in [-0.1, -0.05) is 12.1 Å². The lowest BCUT2D eigenvalue weighted by Gasteiger charge is -2.29. The number of likely N-dealkylation sites (tertiary alicyclic amines) is 1. The number of alkyl halides is 3. The smallest absolute Gasteiger partial charge is 0.380 e. The summed E-state index contributed by atoms with van der Waals surface area (Å²) in [5.41, 5.74) is -2.55. The maximum Gasteiger partial charge on any atom is 0.417 e. The summed E-state index contributed by atoms with van der Waals surface area (Å²) in [6.45, 7) is -0.0903. The van der Waals surface area contributed by atoms with Crippen molar-refractivity contribution in [2.24, 2.45) is 0 Å². The maximum absolute atomic E-state index is 13.0. The van der Waals surface area contributed by atoms with Gasteiger partial charge in [0.2, 0.25) is 5.56 Å². The number of H-pyrrole nitrogens is 1. The average molecular weight is 354 g/mol. The van der Waals surface area contributed by atoms with Crippen LogP contribution in [0.5, 0.6) is 0 Å². The third kappa shape index (κ3) is 3.26. The summed E-state index contributed by atoms with van der Waals surface area (Å²) in [5.74, 6) is -0.459. The highest BCUT2D eigenvalue weighted by Crippen LogP contribution is 2.38. The van der Waals surface area contributed by atoms with Gasteiger partial charge < -0.3 is 15.0 Å². The first kappa shape index (κ1) is 17.5. The van der Waals surface area contributed by atoms with Crippen LogP contribution in [0.3, 0.4) is 0 Å². The highest BCUT2D eigenvalue weighted by atomic mass is 19.4. The summed E-state index contributed by atoms with van der Waals surface area (Å²) in [7, 11) is 0. The molecular weight excluding hydrogens is 337 g/mol. The first-order valence-corrected chi connectivity index (χ1v) is 7.92. The zero-order chi connectivity index (χ0) is 18.2. The lowest BCUT2D eigenvalue weighted by molar-refractivity contribution is -0.263. The predicted octanol–water partition coefficient (Wildman–Crippen LogP) is 2.45. The summed E-state index contributed by atoms with van der Waals surface area (Å²) in [6, 6.07) is 7.83. The van der Waals surface area contributed by atoms with Crippen molar-refractivity contribution in [2.45, 2.75) is 31.0 Å². The number of aromatic amines is 1. The number of halogens is 3. The Morgan fingerprint density at radius 2 is 1.92 bits per heavy atom. The molecule has 3 rings (SSSR count). The average Bonchev–Trinajstić information content (AvgIpc) is 2.76. The Morgan fingerprint density at radius 1 is 1.16 bits per heavy atom. The number of carbonyl (C=O) groups excluding carboxylic acids is 1. The molecule has 1 fully saturated rings. The van der Waals surface area contributed by atoms with Crippen molar-refractivity contribution in [3.8, 4) is 0 Å². The molecule has 134 valence electrons. The fourth-order valence-corrected chi connectivity index (χ4v) is 3.13. The van der Waals surface area contributed by atoms with E-state index in [0.717, 1.165) is 0 Å². The van der Waals surface area contributed by atoms with E-state index in [1.807, 2.05) is 0 Å². The Kier molecular flexibility index (Phi) is 4.32. The monoisotopic (exact) mass is 354 g/mol. The number of rotatable bonds is 1. The minimum Gasteiger partial charge on any atom is -0.380 e. The molecule has 0 saturated carbocycles. The number of aromatic nitrogens is 1. The number of hydrogen-bond donors (Lipinski definition) is 2. The molecule has 1 unspecified atom stereocenters. The van der Waals surface area contributed by atoms with Gasteiger partial charge in [0.1, 0.15) is 0 Å². The van der Waals surface area contributed by atoms with Crippen LogP contribution in [-0.2, 0) is 0 Å². The van der Waals surface area contributed by atoms with Crippen molar-refractivity contribution < 1.29 is 23.1 Å². The molecule has 2 N–H and O–H groups in total. The van der Waals surface area contributed by atoms with Gasteiger partial charge in [0.05, 0.1) is 11.1 Å². The van der Waals surface area contributed by atoms with Gasteiger partial charge in [-0.05, 0) is 30.4 Å². The van der Waals surface area contributed by atoms with E-state index in [2.05, 4.69) is 4.98 Å². The van der Waals surface area contributed by atoms with Crippen LogP contribution >= 0.6 is 0 Å². The molecule has 1 amide bonds. The molecule has 1 aromatic carbocycles. The van der Waals surface area contributed by atoms with E-state index in [0.29, 0.717) is 10.9 Å². The molecular formula is C17H17F3N2O3. The van der Waals surface area contributed by atoms with Crippen molar-refractivity contribution in [2.75, 3.05) is 13.1 Å². The van der Waals surface area contributed by atoms with E-state index in [-0.39, 0.29) is 30.6 Å². The van der Waals surface area contributed by atoms with E-state index in [9.17, 15) is 27.9 Å². The standard InChI is InChI=1S/C17H17F3N2O3/c18-17(19,20)16(25)7-2-9-22(10-8-16)15(24)12-4-1-3-11-5-6-13(23)21-14(11)12/h1,3-6,25H,2,7-10H2,(H,21,23). The Hall–Kier alpha value is -2.35. The van der Waals surface area contributed by atoms with Crippen LogP contribution in [0.1, 0.15) is 29.6 Å². The lowest BCUT2D eigenvalue weighted by Crippen LogP contribution is -2.46. The first-order valence-electron chi connectivity index (χ1n) is 7.92. The summed E-state index contributed by atoms with van der Waals surface area (Å²) in [4.78, 5) is 28.2. The highest BCUT2D eigenvalue weighted by Gasteiger charge is 2.53. The quantitative estimate of drug-likeness (QED) is 0.826. The second-order valence-electron chi connectivity index (χ2n) is 6.27. The summed E-state index contributed by atoms with van der Waals surface area (Å²) in [5, 5.41) is 10.5. The fourth-order valence-electron chi connectivity index (χ4n) is 3.13. The van der Waals surface area contributed by atoms with Crippen LogP contribution in [0, 0.1) is 0 Å². The minimum atomic E-state index is -4.73. The summed E-state index contributed by atoms with van der Waals surface area (Å²) in [6.07, 6.45) is -5.68. The van der Waals surface area contributed by atoms with Gasteiger partial charge in [-0.3, -0.25) is 9.59 Å². The van der Waals surface area contributed by atoms with Crippen LogP contribution < -0.4 is 5.56 Å². The van der Waals surface area contributed by atoms with Crippen molar-refractivity contribution in [1.82, 2.24) is 9.88 Å². The van der Waals surface area contributed by atoms with Gasteiger partial charge in [-0.25, -0.2) is 0 Å². The maximum atomic E-state index is 13.0. The van der Waals surface area contributed by atoms with Crippen LogP contribution in [0.4, 0.5) is 13.2 Å². The van der Waals surface area contributed by atoms with Crippen molar-refractivity contribution in [1.29, 1.82) is 0 Å². The first-order chi connectivity index (χ1) is 11.7. The fraction of sp³-hybridized carbons (Fsp3) is 0.412. The zero-order valence-electron chi connectivity index (χ0n) is 13.3. The minimum absolute atomic E-state index is 0.0447. The van der Waals surface area contributed by atoms with E-state index in [1.165, 1.54) is 17.0 Å². The number of aliphatic hydroxyl groups is 1. The van der Waals surface area contributed by atoms with E-state index < -0.39 is 30.5 Å². The Labute approximate surface area is 141 Å². The Morgan fingerprint density at radius 3 is 2.64 bits per heavy atom. The number of para-hydroxylation sites is 1. The van der Waals surface area contributed by atoms with Crippen LogP contribution in [-0.4, -0.2) is 45.8 Å². The molecule has 0 aliphatic carbocycles. The molecule has 0 spiro atoms. The van der Waals surface area contributed by atoms with Crippen LogP contribution in [0.2, 0.25) is 0 Å². The molecule has 25 heavy (non-hydrogen) atoms. The number of pyridine rings is 1. The number of amides is 1. The van der Waals surface area contributed by atoms with Gasteiger partial charge in [0, 0.05) is 25.6 Å². The third-order valence-electron chi connectivity index (χ3n) is 4.62. The molecule has 2 heterocycles. The van der Waals surface area contributed by atoms with Gasteiger partial charge >= 0.3 is 6.18 Å². The molecule has 0 radical (unpaired) electrons. The molecule has 1 aliphatic heterocycles. The van der Waals surface area contributed by atoms with E-state index in [4.69, 9.17) is 0 Å². The van der Waals surface area contributed by atoms with Gasteiger partial charge in [0.25, 0.3) is 5.91 Å². The summed E-state index contributed by atoms with van der Waals surface area (Å²) < 4.78 is 39.1. The lowest BCUT2D eigenvalue weighted by atomic mass is 9.94. The Bertz CT molecular complexity index is 862. The van der Waals surface area contributed by atoms with Crippen molar-refractivity contribution in [3.05, 3.63) is 46.2 Å². The molecule has 1 atom stereocenters.